The third-order valence-electron chi connectivity index (χ3n) is 2.67. The van der Waals surface area contributed by atoms with Gasteiger partial charge in [-0.3, -0.25) is 4.98 Å². The monoisotopic (exact) mass is 243 g/mol. The van der Waals surface area contributed by atoms with Gasteiger partial charge in [-0.25, -0.2) is 4.79 Å². The molecule has 0 saturated carbocycles. The summed E-state index contributed by atoms with van der Waals surface area (Å²) in [4.78, 5) is 16.4. The van der Waals surface area contributed by atoms with Gasteiger partial charge in [-0.05, 0) is 24.3 Å². The Hall–Kier alpha value is -1.94. The molecule has 3 nitrogen and oxygen atoms in total. The lowest BCUT2D eigenvalue weighted by molar-refractivity contribution is 0.0606. The van der Waals surface area contributed by atoms with E-state index < -0.39 is 0 Å². The fourth-order valence-electron chi connectivity index (χ4n) is 1.87. The molecule has 0 radical (unpaired) electrons. The van der Waals surface area contributed by atoms with Crippen molar-refractivity contribution in [1.29, 1.82) is 0 Å². The first-order valence-electron chi connectivity index (χ1n) is 5.15. The molecule has 84 valence electrons. The standard InChI is InChI=1S/C13H9NO2S/c1-16-13(15)12-7-9-8-3-2-6-14-10(8)4-5-11(9)17-12/h2-7H,1H3. The number of aromatic nitrogens is 1. The number of ether oxygens (including phenoxy) is 1. The van der Waals surface area contributed by atoms with Crippen LogP contribution in [0.1, 0.15) is 9.67 Å². The maximum Gasteiger partial charge on any atom is 0.348 e. The molecule has 0 fully saturated rings. The minimum Gasteiger partial charge on any atom is -0.465 e. The minimum atomic E-state index is -0.289. The average molecular weight is 243 g/mol. The van der Waals surface area contributed by atoms with E-state index in [1.54, 1.807) is 6.20 Å². The number of hydrogen-bond acceptors (Lipinski definition) is 4. The summed E-state index contributed by atoms with van der Waals surface area (Å²) in [7, 11) is 1.40. The first kappa shape index (κ1) is 10.2. The lowest BCUT2D eigenvalue weighted by Gasteiger charge is -1.96. The van der Waals surface area contributed by atoms with Crippen LogP contribution in [0.25, 0.3) is 21.0 Å². The number of thiophene rings is 1. The number of benzene rings is 1. The van der Waals surface area contributed by atoms with Gasteiger partial charge in [0, 0.05) is 21.7 Å². The Morgan fingerprint density at radius 3 is 3.00 bits per heavy atom. The Balaban J connectivity index is 2.35. The van der Waals surface area contributed by atoms with Gasteiger partial charge in [0.2, 0.25) is 0 Å². The van der Waals surface area contributed by atoms with Crippen LogP contribution >= 0.6 is 11.3 Å². The fourth-order valence-corrected chi connectivity index (χ4v) is 2.87. The zero-order valence-corrected chi connectivity index (χ0v) is 9.95. The molecule has 0 unspecified atom stereocenters. The van der Waals surface area contributed by atoms with E-state index in [4.69, 9.17) is 4.74 Å². The van der Waals surface area contributed by atoms with Crippen LogP contribution < -0.4 is 0 Å². The molecule has 0 aliphatic heterocycles. The number of rotatable bonds is 1. The van der Waals surface area contributed by atoms with Crippen LogP contribution in [0.3, 0.4) is 0 Å². The lowest BCUT2D eigenvalue weighted by atomic mass is 10.1. The number of fused-ring (bicyclic) bond motifs is 3. The van der Waals surface area contributed by atoms with E-state index in [1.807, 2.05) is 30.3 Å². The molecule has 0 spiro atoms. The van der Waals surface area contributed by atoms with E-state index in [2.05, 4.69) is 4.98 Å². The number of nitrogens with zero attached hydrogens (tertiary/aromatic N) is 1. The average Bonchev–Trinajstić information content (AvgIpc) is 2.82. The van der Waals surface area contributed by atoms with Gasteiger partial charge < -0.3 is 4.74 Å². The van der Waals surface area contributed by atoms with Crippen molar-refractivity contribution in [3.8, 4) is 0 Å². The second kappa shape index (κ2) is 3.82. The predicted octanol–water partition coefficient (Wildman–Crippen LogP) is 3.24. The van der Waals surface area contributed by atoms with E-state index in [0.717, 1.165) is 21.0 Å². The van der Waals surface area contributed by atoms with Crippen LogP contribution in [0, 0.1) is 0 Å². The molecule has 1 aromatic carbocycles. The van der Waals surface area contributed by atoms with Gasteiger partial charge in [0.1, 0.15) is 4.88 Å². The molecule has 3 rings (SSSR count). The van der Waals surface area contributed by atoms with Crippen molar-refractivity contribution in [3.05, 3.63) is 41.4 Å². The number of carbonyl (C=O) groups excluding carboxylic acids is 1. The largest absolute Gasteiger partial charge is 0.465 e. The zero-order valence-electron chi connectivity index (χ0n) is 9.14. The highest BCUT2D eigenvalue weighted by atomic mass is 32.1. The van der Waals surface area contributed by atoms with Crippen LogP contribution in [0.15, 0.2) is 36.5 Å². The first-order valence-corrected chi connectivity index (χ1v) is 5.97. The Bertz CT molecular complexity index is 718. The Morgan fingerprint density at radius 1 is 1.29 bits per heavy atom. The lowest BCUT2D eigenvalue weighted by Crippen LogP contribution is -1.96. The topological polar surface area (TPSA) is 39.2 Å². The van der Waals surface area contributed by atoms with E-state index in [-0.39, 0.29) is 5.97 Å². The van der Waals surface area contributed by atoms with Gasteiger partial charge in [-0.1, -0.05) is 6.07 Å². The highest BCUT2D eigenvalue weighted by Gasteiger charge is 2.11. The van der Waals surface area contributed by atoms with Crippen LogP contribution in [-0.2, 0) is 4.74 Å². The normalized spacial score (nSPS) is 10.9. The van der Waals surface area contributed by atoms with E-state index in [1.165, 1.54) is 18.4 Å². The number of esters is 1. The number of carbonyl (C=O) groups is 1. The molecule has 3 aromatic rings. The van der Waals surface area contributed by atoms with Crippen molar-refractivity contribution in [2.75, 3.05) is 7.11 Å². The summed E-state index contributed by atoms with van der Waals surface area (Å²) in [6.45, 7) is 0. The van der Waals surface area contributed by atoms with Gasteiger partial charge in [0.15, 0.2) is 0 Å². The Morgan fingerprint density at radius 2 is 2.18 bits per heavy atom. The minimum absolute atomic E-state index is 0.289. The van der Waals surface area contributed by atoms with Gasteiger partial charge in [-0.15, -0.1) is 11.3 Å². The van der Waals surface area contributed by atoms with Gasteiger partial charge in [0.25, 0.3) is 0 Å². The van der Waals surface area contributed by atoms with E-state index in [9.17, 15) is 4.79 Å². The summed E-state index contributed by atoms with van der Waals surface area (Å²) >= 11 is 1.44. The molecule has 0 aliphatic carbocycles. The Labute approximate surface area is 102 Å². The first-order chi connectivity index (χ1) is 8.29. The summed E-state index contributed by atoms with van der Waals surface area (Å²) in [5.74, 6) is -0.289. The second-order valence-electron chi connectivity index (χ2n) is 3.65. The van der Waals surface area contributed by atoms with Crippen molar-refractivity contribution in [3.63, 3.8) is 0 Å². The van der Waals surface area contributed by atoms with Gasteiger partial charge in [0.05, 0.1) is 12.6 Å². The third-order valence-corrected chi connectivity index (χ3v) is 3.75. The van der Waals surface area contributed by atoms with Crippen molar-refractivity contribution in [2.45, 2.75) is 0 Å². The molecule has 4 heteroatoms. The van der Waals surface area contributed by atoms with Crippen molar-refractivity contribution in [1.82, 2.24) is 4.98 Å². The summed E-state index contributed by atoms with van der Waals surface area (Å²) in [6.07, 6.45) is 1.77. The molecule has 0 saturated heterocycles. The number of pyridine rings is 1. The maximum atomic E-state index is 11.5. The highest BCUT2D eigenvalue weighted by molar-refractivity contribution is 7.20. The van der Waals surface area contributed by atoms with Gasteiger partial charge >= 0.3 is 5.97 Å². The zero-order chi connectivity index (χ0) is 11.8. The molecule has 0 bridgehead atoms. The summed E-state index contributed by atoms with van der Waals surface area (Å²) in [5.41, 5.74) is 0.939. The van der Waals surface area contributed by atoms with Crippen LogP contribution in [0.2, 0.25) is 0 Å². The SMILES string of the molecule is COC(=O)c1cc2c(ccc3ncccc32)s1. The highest BCUT2D eigenvalue weighted by Crippen LogP contribution is 2.31. The molecule has 17 heavy (non-hydrogen) atoms. The second-order valence-corrected chi connectivity index (χ2v) is 4.73. The number of methoxy groups -OCH3 is 1. The molecule has 2 aromatic heterocycles. The molecule has 0 atom stereocenters. The molecular formula is C13H9NO2S. The molecule has 0 N–H and O–H groups in total. The molecule has 0 aliphatic rings. The summed E-state index contributed by atoms with van der Waals surface area (Å²) in [5, 5.41) is 2.12. The summed E-state index contributed by atoms with van der Waals surface area (Å²) in [6, 6.07) is 9.74. The molecular weight excluding hydrogens is 234 g/mol. The van der Waals surface area contributed by atoms with Crippen LogP contribution in [0.4, 0.5) is 0 Å². The third kappa shape index (κ3) is 1.57. The van der Waals surface area contributed by atoms with Crippen LogP contribution in [0.5, 0.6) is 0 Å². The van der Waals surface area contributed by atoms with Crippen LogP contribution in [-0.4, -0.2) is 18.1 Å². The quantitative estimate of drug-likeness (QED) is 0.616. The molecule has 2 heterocycles. The Kier molecular flexibility index (Phi) is 2.30. The summed E-state index contributed by atoms with van der Waals surface area (Å²) < 4.78 is 5.81. The number of hydrogen-bond donors (Lipinski definition) is 0. The van der Waals surface area contributed by atoms with E-state index >= 15 is 0 Å². The van der Waals surface area contributed by atoms with E-state index in [0.29, 0.717) is 4.88 Å². The van der Waals surface area contributed by atoms with Crippen molar-refractivity contribution in [2.24, 2.45) is 0 Å². The fraction of sp³-hybridized carbons (Fsp3) is 0.0769. The predicted molar refractivity (Wildman–Crippen MR) is 68.5 cm³/mol. The van der Waals surface area contributed by atoms with Crippen molar-refractivity contribution < 1.29 is 9.53 Å². The van der Waals surface area contributed by atoms with Crippen molar-refractivity contribution >= 4 is 38.3 Å². The smallest absolute Gasteiger partial charge is 0.348 e. The van der Waals surface area contributed by atoms with Gasteiger partial charge in [-0.2, -0.15) is 0 Å². The maximum absolute atomic E-state index is 11.5. The molecule has 0 amide bonds.